The third-order valence-electron chi connectivity index (χ3n) is 4.57. The molecule has 0 radical (unpaired) electrons. The van der Waals surface area contributed by atoms with Crippen molar-refractivity contribution in [2.24, 2.45) is 11.1 Å². The molecule has 0 bridgehead atoms. The fourth-order valence-electron chi connectivity index (χ4n) is 2.97. The second kappa shape index (κ2) is 4.02. The first-order valence-corrected chi connectivity index (χ1v) is 6.26. The van der Waals surface area contributed by atoms with Gasteiger partial charge in [0.05, 0.1) is 31.8 Å². The zero-order valence-corrected chi connectivity index (χ0v) is 10.5. The first-order chi connectivity index (χ1) is 8.63. The molecule has 2 heterocycles. The molecule has 0 amide bonds. The van der Waals surface area contributed by atoms with Gasteiger partial charge in [-0.2, -0.15) is 0 Å². The summed E-state index contributed by atoms with van der Waals surface area (Å²) in [5.74, 6) is -0.166. The normalized spacial score (nSPS) is 24.2. The fraction of sp³-hybridized carbons (Fsp3) is 0.571. The highest BCUT2D eigenvalue weighted by Gasteiger charge is 2.60. The second-order valence-electron chi connectivity index (χ2n) is 5.52. The lowest BCUT2D eigenvalue weighted by molar-refractivity contribution is -0.223. The van der Waals surface area contributed by atoms with Crippen LogP contribution in [0.25, 0.3) is 0 Å². The molecule has 1 aromatic carbocycles. The highest BCUT2D eigenvalue weighted by atomic mass is 19.1. The predicted molar refractivity (Wildman–Crippen MR) is 65.9 cm³/mol. The van der Waals surface area contributed by atoms with Crippen molar-refractivity contribution >= 4 is 0 Å². The average Bonchev–Trinajstić information content (AvgIpc) is 2.25. The van der Waals surface area contributed by atoms with E-state index in [1.807, 2.05) is 12.1 Å². The predicted octanol–water partition coefficient (Wildman–Crippen LogP) is 1.38. The highest BCUT2D eigenvalue weighted by molar-refractivity contribution is 5.36. The third-order valence-corrected chi connectivity index (χ3v) is 4.57. The lowest BCUT2D eigenvalue weighted by Gasteiger charge is -2.59. The number of ether oxygens (including phenoxy) is 2. The third kappa shape index (κ3) is 1.40. The topological polar surface area (TPSA) is 44.5 Å². The van der Waals surface area contributed by atoms with Gasteiger partial charge in [0.1, 0.15) is 5.82 Å². The van der Waals surface area contributed by atoms with E-state index in [2.05, 4.69) is 0 Å². The molecule has 0 spiro atoms. The van der Waals surface area contributed by atoms with E-state index < -0.39 is 0 Å². The van der Waals surface area contributed by atoms with Crippen LogP contribution in [0.1, 0.15) is 11.1 Å². The summed E-state index contributed by atoms with van der Waals surface area (Å²) >= 11 is 0. The summed E-state index contributed by atoms with van der Waals surface area (Å²) in [6, 6.07) is 5.32. The van der Waals surface area contributed by atoms with Gasteiger partial charge in [-0.1, -0.05) is 12.1 Å². The summed E-state index contributed by atoms with van der Waals surface area (Å²) in [6.07, 6.45) is 0. The number of halogens is 1. The molecule has 1 aromatic rings. The molecule has 3 rings (SSSR count). The summed E-state index contributed by atoms with van der Waals surface area (Å²) < 4.78 is 24.2. The smallest absolute Gasteiger partial charge is 0.126 e. The summed E-state index contributed by atoms with van der Waals surface area (Å²) in [4.78, 5) is 0. The molecule has 98 valence electrons. The Bertz CT molecular complexity index is 461. The summed E-state index contributed by atoms with van der Waals surface area (Å²) in [5.41, 5.74) is 7.61. The van der Waals surface area contributed by atoms with Crippen molar-refractivity contribution in [3.8, 4) is 0 Å². The maximum absolute atomic E-state index is 13.4. The van der Waals surface area contributed by atoms with Gasteiger partial charge in [-0.15, -0.1) is 0 Å². The number of rotatable bonds is 3. The molecule has 2 N–H and O–H groups in total. The van der Waals surface area contributed by atoms with Crippen molar-refractivity contribution in [3.63, 3.8) is 0 Å². The van der Waals surface area contributed by atoms with Gasteiger partial charge in [0.15, 0.2) is 0 Å². The maximum Gasteiger partial charge on any atom is 0.126 e. The van der Waals surface area contributed by atoms with E-state index in [9.17, 15) is 4.39 Å². The molecule has 0 aliphatic carbocycles. The van der Waals surface area contributed by atoms with Crippen LogP contribution >= 0.6 is 0 Å². The van der Waals surface area contributed by atoms with Crippen molar-refractivity contribution in [2.45, 2.75) is 12.3 Å². The van der Waals surface area contributed by atoms with E-state index in [-0.39, 0.29) is 16.6 Å². The van der Waals surface area contributed by atoms with E-state index in [1.165, 1.54) is 6.07 Å². The molecule has 2 fully saturated rings. The van der Waals surface area contributed by atoms with Crippen LogP contribution in [-0.4, -0.2) is 33.0 Å². The van der Waals surface area contributed by atoms with Gasteiger partial charge in [-0.3, -0.25) is 0 Å². The average molecular weight is 251 g/mol. The minimum absolute atomic E-state index is 0.0461. The molecule has 2 aliphatic heterocycles. The standard InChI is InChI=1S/C14H18FNO2/c1-10-4-11(2-3-12(10)15)14(8-18-9-14)13(5-16)6-17-7-13/h2-4H,5-9,16H2,1H3. The first kappa shape index (κ1) is 12.1. The lowest BCUT2D eigenvalue weighted by atomic mass is 9.57. The van der Waals surface area contributed by atoms with E-state index in [4.69, 9.17) is 15.2 Å². The van der Waals surface area contributed by atoms with E-state index in [0.29, 0.717) is 38.5 Å². The Hall–Kier alpha value is -0.970. The fourth-order valence-corrected chi connectivity index (χ4v) is 2.97. The summed E-state index contributed by atoms with van der Waals surface area (Å²) in [7, 11) is 0. The molecule has 0 atom stereocenters. The van der Waals surface area contributed by atoms with Gasteiger partial charge in [0.25, 0.3) is 0 Å². The van der Waals surface area contributed by atoms with Gasteiger partial charge >= 0.3 is 0 Å². The molecule has 2 saturated heterocycles. The Morgan fingerprint density at radius 2 is 1.89 bits per heavy atom. The Kier molecular flexibility index (Phi) is 2.70. The van der Waals surface area contributed by atoms with Crippen LogP contribution in [-0.2, 0) is 14.9 Å². The Morgan fingerprint density at radius 3 is 2.28 bits per heavy atom. The van der Waals surface area contributed by atoms with Crippen molar-refractivity contribution in [3.05, 3.63) is 35.1 Å². The number of aryl methyl sites for hydroxylation is 1. The maximum atomic E-state index is 13.4. The molecule has 0 saturated carbocycles. The number of hydrogen-bond donors (Lipinski definition) is 1. The van der Waals surface area contributed by atoms with E-state index >= 15 is 0 Å². The highest BCUT2D eigenvalue weighted by Crippen LogP contribution is 2.51. The van der Waals surface area contributed by atoms with Crippen molar-refractivity contribution in [1.29, 1.82) is 0 Å². The quantitative estimate of drug-likeness (QED) is 0.882. The molecular formula is C14H18FNO2. The van der Waals surface area contributed by atoms with E-state index in [1.54, 1.807) is 6.92 Å². The molecule has 0 aromatic heterocycles. The largest absolute Gasteiger partial charge is 0.380 e. The Morgan fingerprint density at radius 1 is 1.22 bits per heavy atom. The summed E-state index contributed by atoms with van der Waals surface area (Å²) in [5, 5.41) is 0. The van der Waals surface area contributed by atoms with Gasteiger partial charge < -0.3 is 15.2 Å². The second-order valence-corrected chi connectivity index (χ2v) is 5.52. The minimum atomic E-state index is -0.166. The SMILES string of the molecule is Cc1cc(C2(C3(CN)COC3)COC2)ccc1F. The van der Waals surface area contributed by atoms with Crippen LogP contribution in [0.3, 0.4) is 0 Å². The van der Waals surface area contributed by atoms with Crippen molar-refractivity contribution < 1.29 is 13.9 Å². The van der Waals surface area contributed by atoms with Crippen LogP contribution in [0.2, 0.25) is 0 Å². The molecular weight excluding hydrogens is 233 g/mol. The van der Waals surface area contributed by atoms with Crippen LogP contribution in [0.15, 0.2) is 18.2 Å². The van der Waals surface area contributed by atoms with Crippen LogP contribution in [0.4, 0.5) is 4.39 Å². The number of benzene rings is 1. The monoisotopic (exact) mass is 251 g/mol. The van der Waals surface area contributed by atoms with Gasteiger partial charge in [0, 0.05) is 12.0 Å². The van der Waals surface area contributed by atoms with E-state index in [0.717, 1.165) is 5.56 Å². The molecule has 0 unspecified atom stereocenters. The summed E-state index contributed by atoms with van der Waals surface area (Å²) in [6.45, 7) is 5.01. The molecule has 3 nitrogen and oxygen atoms in total. The molecule has 2 aliphatic rings. The zero-order valence-electron chi connectivity index (χ0n) is 10.5. The van der Waals surface area contributed by atoms with Crippen molar-refractivity contribution in [2.75, 3.05) is 33.0 Å². The van der Waals surface area contributed by atoms with Gasteiger partial charge in [-0.05, 0) is 24.1 Å². The van der Waals surface area contributed by atoms with Crippen molar-refractivity contribution in [1.82, 2.24) is 0 Å². The lowest BCUT2D eigenvalue weighted by Crippen LogP contribution is -2.69. The van der Waals surface area contributed by atoms with Crippen LogP contribution < -0.4 is 5.73 Å². The first-order valence-electron chi connectivity index (χ1n) is 6.26. The van der Waals surface area contributed by atoms with Crippen LogP contribution in [0.5, 0.6) is 0 Å². The number of nitrogens with two attached hydrogens (primary N) is 1. The molecule has 18 heavy (non-hydrogen) atoms. The van der Waals surface area contributed by atoms with Crippen LogP contribution in [0, 0.1) is 18.2 Å². The van der Waals surface area contributed by atoms with Gasteiger partial charge in [-0.25, -0.2) is 4.39 Å². The zero-order chi connectivity index (χ0) is 12.8. The number of hydrogen-bond acceptors (Lipinski definition) is 3. The Labute approximate surface area is 106 Å². The molecule has 4 heteroatoms. The Balaban J connectivity index is 2.03. The minimum Gasteiger partial charge on any atom is -0.380 e. The van der Waals surface area contributed by atoms with Gasteiger partial charge in [0.2, 0.25) is 0 Å².